The van der Waals surface area contributed by atoms with E-state index in [9.17, 15) is 0 Å². The molecule has 5 heteroatoms. The number of aromatic nitrogens is 1. The normalized spacial score (nSPS) is 11.2. The van der Waals surface area contributed by atoms with E-state index in [4.69, 9.17) is 4.74 Å². The number of pyridine rings is 1. The predicted molar refractivity (Wildman–Crippen MR) is 87.3 cm³/mol. The van der Waals surface area contributed by atoms with Gasteiger partial charge in [0.05, 0.1) is 6.61 Å². The van der Waals surface area contributed by atoms with Crippen molar-refractivity contribution in [3.05, 3.63) is 34.9 Å². The third-order valence-corrected chi connectivity index (χ3v) is 3.91. The van der Waals surface area contributed by atoms with Crippen LogP contribution in [0.2, 0.25) is 0 Å². The molecule has 0 aliphatic heterocycles. The Bertz CT molecular complexity index is 562. The van der Waals surface area contributed by atoms with E-state index in [-0.39, 0.29) is 0 Å². The van der Waals surface area contributed by atoms with Crippen LogP contribution in [0.15, 0.2) is 34.9 Å². The van der Waals surface area contributed by atoms with E-state index in [1.807, 2.05) is 24.4 Å². The molecule has 1 N–H and O–H groups in total. The lowest BCUT2D eigenvalue weighted by Gasteiger charge is -2.17. The van der Waals surface area contributed by atoms with Gasteiger partial charge in [-0.3, -0.25) is 0 Å². The van der Waals surface area contributed by atoms with Crippen LogP contribution in [-0.4, -0.2) is 50.3 Å². The molecule has 108 valence electrons. The van der Waals surface area contributed by atoms with Crippen molar-refractivity contribution in [1.29, 1.82) is 0 Å². The molecule has 4 nitrogen and oxygen atoms in total. The fourth-order valence-electron chi connectivity index (χ4n) is 2.03. The molecule has 0 saturated heterocycles. The zero-order valence-electron chi connectivity index (χ0n) is 11.9. The number of nitrogens with zero attached hydrogens (tertiary/aromatic N) is 2. The van der Waals surface area contributed by atoms with Crippen LogP contribution in [0.1, 0.15) is 0 Å². The minimum Gasteiger partial charge on any atom is -0.383 e. The van der Waals surface area contributed by atoms with Gasteiger partial charge in [-0.1, -0.05) is 28.1 Å². The Morgan fingerprint density at radius 2 is 2.10 bits per heavy atom. The molecule has 2 rings (SSSR count). The molecule has 0 amide bonds. The molecule has 2 aromatic rings. The number of ether oxygens (including phenoxy) is 1. The maximum atomic E-state index is 5.07. The monoisotopic (exact) mass is 337 g/mol. The van der Waals surface area contributed by atoms with Crippen molar-refractivity contribution in [2.45, 2.75) is 0 Å². The van der Waals surface area contributed by atoms with Gasteiger partial charge in [-0.05, 0) is 19.2 Å². The smallest absolute Gasteiger partial charge is 0.133 e. The summed E-state index contributed by atoms with van der Waals surface area (Å²) in [6.07, 6.45) is 1.84. The summed E-state index contributed by atoms with van der Waals surface area (Å²) < 4.78 is 6.16. The van der Waals surface area contributed by atoms with Gasteiger partial charge in [0.15, 0.2) is 0 Å². The molecule has 0 atom stereocenters. The zero-order valence-corrected chi connectivity index (χ0v) is 13.5. The largest absolute Gasteiger partial charge is 0.383 e. The van der Waals surface area contributed by atoms with E-state index in [1.54, 1.807) is 7.11 Å². The van der Waals surface area contributed by atoms with E-state index < -0.39 is 0 Å². The van der Waals surface area contributed by atoms with E-state index in [0.29, 0.717) is 0 Å². The highest BCUT2D eigenvalue weighted by Gasteiger charge is 2.04. The third kappa shape index (κ3) is 3.91. The van der Waals surface area contributed by atoms with Gasteiger partial charge < -0.3 is 15.0 Å². The van der Waals surface area contributed by atoms with Crippen molar-refractivity contribution in [3.63, 3.8) is 0 Å². The summed E-state index contributed by atoms with van der Waals surface area (Å²) in [6.45, 7) is 3.51. The average molecular weight is 338 g/mol. The Kier molecular flexibility index (Phi) is 5.76. The fourth-order valence-corrected chi connectivity index (χ4v) is 2.53. The fraction of sp³-hybridized carbons (Fsp3) is 0.400. The second-order valence-corrected chi connectivity index (χ2v) is 5.57. The van der Waals surface area contributed by atoms with Crippen LogP contribution in [0.25, 0.3) is 10.8 Å². The average Bonchev–Trinajstić information content (AvgIpc) is 2.46. The molecule has 0 unspecified atom stereocenters. The number of fused-ring (bicyclic) bond motifs is 1. The summed E-state index contributed by atoms with van der Waals surface area (Å²) in [5.74, 6) is 0.934. The molecular formula is C15H20BrN3O. The SMILES string of the molecule is COCCN(C)CCNc1nccc2c(Br)cccc12. The maximum Gasteiger partial charge on any atom is 0.133 e. The topological polar surface area (TPSA) is 37.4 Å². The number of rotatable bonds is 7. The van der Waals surface area contributed by atoms with Crippen LogP contribution in [0.3, 0.4) is 0 Å². The highest BCUT2D eigenvalue weighted by atomic mass is 79.9. The number of halogens is 1. The summed E-state index contributed by atoms with van der Waals surface area (Å²) >= 11 is 3.57. The van der Waals surface area contributed by atoms with E-state index in [0.717, 1.165) is 41.9 Å². The lowest BCUT2D eigenvalue weighted by Crippen LogP contribution is -2.28. The quantitative estimate of drug-likeness (QED) is 0.842. The number of hydrogen-bond acceptors (Lipinski definition) is 4. The lowest BCUT2D eigenvalue weighted by atomic mass is 10.1. The number of nitrogens with one attached hydrogen (secondary N) is 1. The van der Waals surface area contributed by atoms with Crippen molar-refractivity contribution in [1.82, 2.24) is 9.88 Å². The molecule has 0 aliphatic rings. The number of methoxy groups -OCH3 is 1. The van der Waals surface area contributed by atoms with E-state index in [2.05, 4.69) is 44.2 Å². The van der Waals surface area contributed by atoms with Gasteiger partial charge in [0.2, 0.25) is 0 Å². The van der Waals surface area contributed by atoms with Crippen molar-refractivity contribution < 1.29 is 4.74 Å². The molecular weight excluding hydrogens is 318 g/mol. The molecule has 0 bridgehead atoms. The summed E-state index contributed by atoms with van der Waals surface area (Å²) in [7, 11) is 3.82. The van der Waals surface area contributed by atoms with Gasteiger partial charge in [0, 0.05) is 48.2 Å². The van der Waals surface area contributed by atoms with Crippen LogP contribution < -0.4 is 5.32 Å². The van der Waals surface area contributed by atoms with Gasteiger partial charge in [0.25, 0.3) is 0 Å². The highest BCUT2D eigenvalue weighted by molar-refractivity contribution is 9.10. The Labute approximate surface area is 128 Å². The first kappa shape index (κ1) is 15.2. The van der Waals surface area contributed by atoms with Crippen LogP contribution in [0, 0.1) is 0 Å². The number of likely N-dealkylation sites (N-methyl/N-ethyl adjacent to an activating group) is 1. The number of hydrogen-bond donors (Lipinski definition) is 1. The zero-order chi connectivity index (χ0) is 14.4. The molecule has 0 spiro atoms. The standard InChI is InChI=1S/C15H20BrN3O/c1-19(10-11-20-2)9-8-18-15-13-4-3-5-14(16)12(13)6-7-17-15/h3-7H,8-11H2,1-2H3,(H,17,18). The molecule has 20 heavy (non-hydrogen) atoms. The molecule has 0 radical (unpaired) electrons. The molecule has 0 aliphatic carbocycles. The summed E-state index contributed by atoms with van der Waals surface area (Å²) in [4.78, 5) is 6.67. The van der Waals surface area contributed by atoms with Crippen molar-refractivity contribution in [2.75, 3.05) is 45.7 Å². The minimum atomic E-state index is 0.760. The van der Waals surface area contributed by atoms with E-state index in [1.165, 1.54) is 5.39 Å². The first-order valence-electron chi connectivity index (χ1n) is 6.67. The van der Waals surface area contributed by atoms with Crippen molar-refractivity contribution >= 4 is 32.5 Å². The highest BCUT2D eigenvalue weighted by Crippen LogP contribution is 2.27. The maximum absolute atomic E-state index is 5.07. The van der Waals surface area contributed by atoms with Crippen LogP contribution >= 0.6 is 15.9 Å². The predicted octanol–water partition coefficient (Wildman–Crippen LogP) is 2.99. The Hall–Kier alpha value is -1.17. The molecule has 0 saturated carbocycles. The number of anilines is 1. The Morgan fingerprint density at radius 3 is 2.90 bits per heavy atom. The van der Waals surface area contributed by atoms with Crippen molar-refractivity contribution in [3.8, 4) is 0 Å². The van der Waals surface area contributed by atoms with Gasteiger partial charge in [0.1, 0.15) is 5.82 Å². The molecule has 1 heterocycles. The van der Waals surface area contributed by atoms with E-state index >= 15 is 0 Å². The summed E-state index contributed by atoms with van der Waals surface area (Å²) in [5, 5.41) is 5.73. The van der Waals surface area contributed by atoms with Gasteiger partial charge in [-0.25, -0.2) is 4.98 Å². The molecule has 1 aromatic carbocycles. The van der Waals surface area contributed by atoms with Crippen LogP contribution in [0.4, 0.5) is 5.82 Å². The molecule has 0 fully saturated rings. The minimum absolute atomic E-state index is 0.760. The second kappa shape index (κ2) is 7.57. The van der Waals surface area contributed by atoms with Crippen molar-refractivity contribution in [2.24, 2.45) is 0 Å². The van der Waals surface area contributed by atoms with Gasteiger partial charge in [-0.15, -0.1) is 0 Å². The summed E-state index contributed by atoms with van der Waals surface area (Å²) in [6, 6.07) is 8.19. The van der Waals surface area contributed by atoms with Gasteiger partial charge >= 0.3 is 0 Å². The summed E-state index contributed by atoms with van der Waals surface area (Å²) in [5.41, 5.74) is 0. The van der Waals surface area contributed by atoms with Crippen LogP contribution in [-0.2, 0) is 4.74 Å². The second-order valence-electron chi connectivity index (χ2n) is 4.72. The first-order chi connectivity index (χ1) is 9.72. The lowest BCUT2D eigenvalue weighted by molar-refractivity contribution is 0.163. The third-order valence-electron chi connectivity index (χ3n) is 3.22. The van der Waals surface area contributed by atoms with Gasteiger partial charge in [-0.2, -0.15) is 0 Å². The Morgan fingerprint density at radius 1 is 1.25 bits per heavy atom. The van der Waals surface area contributed by atoms with Crippen LogP contribution in [0.5, 0.6) is 0 Å². The number of benzene rings is 1. The molecule has 1 aromatic heterocycles. The Balaban J connectivity index is 1.98. The first-order valence-corrected chi connectivity index (χ1v) is 7.46.